The quantitative estimate of drug-likeness (QED) is 0.725. The molecular formula is C8H5Cl3N2P-. The number of nitrogens with zero attached hydrogens (tertiary/aromatic N) is 2. The molecule has 0 unspecified atom stereocenters. The second kappa shape index (κ2) is 2.75. The molecule has 0 aliphatic heterocycles. The average molecular weight is 266 g/mol. The van der Waals surface area contributed by atoms with Gasteiger partial charge in [0.2, 0.25) is 0 Å². The maximum atomic E-state index is 8.95. The van der Waals surface area contributed by atoms with Gasteiger partial charge >= 0.3 is 95.5 Å². The van der Waals surface area contributed by atoms with Gasteiger partial charge in [-0.25, -0.2) is 0 Å². The van der Waals surface area contributed by atoms with Crippen molar-refractivity contribution in [3.8, 4) is 11.6 Å². The number of benzene rings is 1. The Morgan fingerprint density at radius 3 is 1.71 bits per heavy atom. The van der Waals surface area contributed by atoms with Gasteiger partial charge in [-0.2, -0.15) is 0 Å². The molecule has 0 spiro atoms. The van der Waals surface area contributed by atoms with Crippen molar-refractivity contribution in [2.24, 2.45) is 0 Å². The molecule has 0 saturated heterocycles. The monoisotopic (exact) mass is 265 g/mol. The maximum absolute atomic E-state index is 8.95. The van der Waals surface area contributed by atoms with E-state index in [0.717, 1.165) is 0 Å². The van der Waals surface area contributed by atoms with E-state index < -0.39 is 4.00 Å². The van der Waals surface area contributed by atoms with Gasteiger partial charge in [-0.1, -0.05) is 0 Å². The molecule has 0 N–H and O–H groups in total. The Kier molecular flexibility index (Phi) is 2.28. The summed E-state index contributed by atoms with van der Waals surface area (Å²) in [5.74, 6) is 3.14. The minimum absolute atomic E-state index is 0.146. The van der Waals surface area contributed by atoms with Gasteiger partial charge in [-0.05, 0) is 0 Å². The molecule has 0 heterocycles. The van der Waals surface area contributed by atoms with E-state index in [-0.39, 0.29) is 5.30 Å². The summed E-state index contributed by atoms with van der Waals surface area (Å²) in [6.45, 7) is 0. The third kappa shape index (κ3) is 1.68. The van der Waals surface area contributed by atoms with Crippen LogP contribution in [0.1, 0.15) is 0 Å². The van der Waals surface area contributed by atoms with E-state index in [9.17, 15) is 0 Å². The number of rotatable bonds is 1. The van der Waals surface area contributed by atoms with E-state index in [0.29, 0.717) is 0 Å². The summed E-state index contributed by atoms with van der Waals surface area (Å²) >= 11 is 17.7. The van der Waals surface area contributed by atoms with Crippen LogP contribution in [0.5, 0.6) is 0 Å². The molecule has 0 amide bonds. The Balaban J connectivity index is 3.66. The second-order valence-corrected chi connectivity index (χ2v) is 15.5. The van der Waals surface area contributed by atoms with E-state index >= 15 is 0 Å². The summed E-state index contributed by atoms with van der Waals surface area (Å²) in [7, 11) is 0. The first kappa shape index (κ1) is 11.6. The van der Waals surface area contributed by atoms with Crippen LogP contribution in [0.4, 0.5) is 0 Å². The second-order valence-electron chi connectivity index (χ2n) is 2.82. The zero-order valence-corrected chi connectivity index (χ0v) is 10.0. The summed E-state index contributed by atoms with van der Waals surface area (Å²) < 4.78 is -5.19. The summed E-state index contributed by atoms with van der Waals surface area (Å²) in [4.78, 5) is 0. The molecule has 6 heteroatoms. The number of nitriles is 2. The molecule has 0 atom stereocenters. The van der Waals surface area contributed by atoms with Crippen LogP contribution in [0.2, 0.25) is 0 Å². The van der Waals surface area contributed by atoms with Crippen LogP contribution in [-0.2, 0) is 0 Å². The van der Waals surface area contributed by atoms with Gasteiger partial charge in [0.05, 0.1) is 0 Å². The number of hydrogen-bond acceptors (Lipinski definition) is 2. The predicted molar refractivity (Wildman–Crippen MR) is 61.8 cm³/mol. The molecule has 0 aliphatic carbocycles. The fraction of sp³-hybridized carbons (Fsp3) is 0. The van der Waals surface area contributed by atoms with Gasteiger partial charge in [-0.3, -0.25) is 0 Å². The summed E-state index contributed by atoms with van der Waals surface area (Å²) in [5, 5.41) is 18.0. The molecule has 74 valence electrons. The van der Waals surface area contributed by atoms with Crippen LogP contribution in [-0.4, -0.2) is 0 Å². The van der Waals surface area contributed by atoms with Crippen LogP contribution >= 0.6 is 37.7 Å². The molecule has 0 aromatic heterocycles. The van der Waals surface area contributed by atoms with E-state index in [4.69, 9.17) is 44.2 Å². The molecule has 1 aromatic rings. The van der Waals surface area contributed by atoms with E-state index in [1.54, 1.807) is 29.8 Å². The van der Waals surface area contributed by atoms with Gasteiger partial charge in [0, 0.05) is 0 Å². The first-order valence-corrected chi connectivity index (χ1v) is 8.93. The Labute approximate surface area is 95.5 Å². The molecule has 14 heavy (non-hydrogen) atoms. The van der Waals surface area contributed by atoms with Crippen molar-refractivity contribution in [1.82, 2.24) is 0 Å². The van der Waals surface area contributed by atoms with Crippen LogP contribution < -0.4 is 5.30 Å². The van der Waals surface area contributed by atoms with Crippen molar-refractivity contribution in [2.45, 2.75) is 0 Å². The van der Waals surface area contributed by atoms with Crippen LogP contribution in [0, 0.1) is 22.1 Å². The molecule has 1 rings (SSSR count). The Morgan fingerprint density at radius 2 is 1.36 bits per heavy atom. The summed E-state index contributed by atoms with van der Waals surface area (Å²) in [6, 6.07) is 7.87. The van der Waals surface area contributed by atoms with Crippen molar-refractivity contribution in [3.63, 3.8) is 0 Å². The molecular weight excluding hydrogens is 261 g/mol. The van der Waals surface area contributed by atoms with Crippen LogP contribution in [0.15, 0.2) is 30.3 Å². The zero-order valence-electron chi connectivity index (χ0n) is 6.86. The molecule has 0 aliphatic rings. The molecule has 0 bridgehead atoms. The van der Waals surface area contributed by atoms with Crippen LogP contribution in [0.25, 0.3) is 0 Å². The van der Waals surface area contributed by atoms with Crippen molar-refractivity contribution in [3.05, 3.63) is 30.3 Å². The third-order valence-corrected chi connectivity index (χ3v) is 7.10. The normalized spacial score (nSPS) is 15.8. The predicted octanol–water partition coefficient (Wildman–Crippen LogP) is 3.82. The first-order chi connectivity index (χ1) is 6.27. The number of hydrogen-bond donors (Lipinski definition) is 0. The first-order valence-electron chi connectivity index (χ1n) is 3.54. The van der Waals surface area contributed by atoms with Crippen molar-refractivity contribution in [2.75, 3.05) is 0 Å². The fourth-order valence-electron chi connectivity index (χ4n) is 0.884. The average Bonchev–Trinajstić information content (AvgIpc) is 2.20. The molecule has 0 fully saturated rings. The summed E-state index contributed by atoms with van der Waals surface area (Å²) in [6.07, 6.45) is 0. The third-order valence-electron chi connectivity index (χ3n) is 1.73. The van der Waals surface area contributed by atoms with Crippen molar-refractivity contribution < 1.29 is 0 Å². The van der Waals surface area contributed by atoms with Crippen LogP contribution in [0.3, 0.4) is 0 Å². The zero-order chi connectivity index (χ0) is 10.9. The minimum atomic E-state index is -5.19. The fourth-order valence-corrected chi connectivity index (χ4v) is 2.98. The van der Waals surface area contributed by atoms with E-state index in [1.165, 1.54) is 12.1 Å². The summed E-state index contributed by atoms with van der Waals surface area (Å²) in [5.41, 5.74) is 0. The van der Waals surface area contributed by atoms with Gasteiger partial charge in [0.1, 0.15) is 0 Å². The standard InChI is InChI=1S/C8H5Cl3N2P/c9-14(10,11,6-12,7-13)8-4-2-1-3-5-8/h1-5H/q-1. The Morgan fingerprint density at radius 1 is 0.929 bits per heavy atom. The molecule has 0 radical (unpaired) electrons. The van der Waals surface area contributed by atoms with Crippen molar-refractivity contribution in [1.29, 1.82) is 10.5 Å². The Bertz CT molecular complexity index is 441. The van der Waals surface area contributed by atoms with Gasteiger partial charge in [-0.15, -0.1) is 0 Å². The van der Waals surface area contributed by atoms with Crippen molar-refractivity contribution >= 4 is 43.0 Å². The molecule has 2 nitrogen and oxygen atoms in total. The van der Waals surface area contributed by atoms with Gasteiger partial charge < -0.3 is 0 Å². The van der Waals surface area contributed by atoms with E-state index in [2.05, 4.69) is 0 Å². The SMILES string of the molecule is N#C[P-](Cl)(Cl)(Cl)(C#N)c1ccccc1. The van der Waals surface area contributed by atoms with Gasteiger partial charge in [0.25, 0.3) is 0 Å². The number of halogens is 3. The topological polar surface area (TPSA) is 47.6 Å². The Hall–Kier alpha value is -0.500. The van der Waals surface area contributed by atoms with Gasteiger partial charge in [0.15, 0.2) is 0 Å². The molecule has 1 aromatic carbocycles. The van der Waals surface area contributed by atoms with E-state index in [1.807, 2.05) is 0 Å². The molecule has 0 saturated carbocycles.